The van der Waals surface area contributed by atoms with Gasteiger partial charge in [0, 0.05) is 43.2 Å². The molecule has 2 rings (SSSR count). The number of aliphatic carboxylic acids is 2. The van der Waals surface area contributed by atoms with E-state index in [0.717, 1.165) is 32.4 Å². The van der Waals surface area contributed by atoms with Crippen LogP contribution < -0.4 is 0 Å². The Balaban J connectivity index is 0.000000333. The van der Waals surface area contributed by atoms with Crippen molar-refractivity contribution in [3.8, 4) is 0 Å². The van der Waals surface area contributed by atoms with Crippen molar-refractivity contribution in [2.45, 2.75) is 25.3 Å². The van der Waals surface area contributed by atoms with Crippen LogP contribution in [-0.4, -0.2) is 56.2 Å². The molecule has 1 aliphatic carbocycles. The average molecular weight is 345 g/mol. The van der Waals surface area contributed by atoms with E-state index in [1.807, 2.05) is 18.3 Å². The van der Waals surface area contributed by atoms with Gasteiger partial charge in [0.2, 0.25) is 0 Å². The van der Waals surface area contributed by atoms with Gasteiger partial charge in [-0.2, -0.15) is 0 Å². The van der Waals surface area contributed by atoms with Crippen molar-refractivity contribution >= 4 is 11.9 Å². The van der Waals surface area contributed by atoms with E-state index < -0.39 is 11.9 Å². The topological polar surface area (TPSA) is 104 Å². The van der Waals surface area contributed by atoms with Gasteiger partial charge in [-0.3, -0.25) is 4.90 Å². The van der Waals surface area contributed by atoms with Gasteiger partial charge in [-0.1, -0.05) is 12.2 Å². The van der Waals surface area contributed by atoms with Gasteiger partial charge in [-0.05, 0) is 24.8 Å². The molecule has 1 aromatic heterocycles. The summed E-state index contributed by atoms with van der Waals surface area (Å²) in [6.45, 7) is 9.48. The molecule has 0 saturated heterocycles. The summed E-state index contributed by atoms with van der Waals surface area (Å²) in [5.74, 6) is -2.51. The van der Waals surface area contributed by atoms with Gasteiger partial charge in [0.25, 0.3) is 0 Å². The molecule has 1 unspecified atom stereocenters. The Morgan fingerprint density at radius 1 is 1.20 bits per heavy atom. The molecule has 134 valence electrons. The molecule has 0 saturated carbocycles. The average Bonchev–Trinajstić information content (AvgIpc) is 2.60. The molecule has 1 aromatic rings. The summed E-state index contributed by atoms with van der Waals surface area (Å²) in [5.41, 5.74) is 2.51. The molecule has 2 N–H and O–H groups in total. The molecule has 0 radical (unpaired) electrons. The maximum atomic E-state index is 9.55. The molecule has 1 atom stereocenters. The summed E-state index contributed by atoms with van der Waals surface area (Å²) >= 11 is 0. The molecular weight excluding hydrogens is 322 g/mol. The standard InChI is InChI=1S/C14H19N3.C4H4O4/c1-3-7-17(8-4-2)13-5-6-14-12(9-13)10-15-11-16-14;5-3(6)1-2-4(7)8/h3-4,10-11,13H,1-2,5-9H2;1-2H,(H,5,6)(H,7,8)/b;2-1-. The minimum atomic E-state index is -1.26. The Morgan fingerprint density at radius 3 is 2.32 bits per heavy atom. The van der Waals surface area contributed by atoms with Gasteiger partial charge in [0.1, 0.15) is 6.33 Å². The molecule has 7 heteroatoms. The fourth-order valence-electron chi connectivity index (χ4n) is 2.60. The van der Waals surface area contributed by atoms with Crippen molar-refractivity contribution in [2.24, 2.45) is 0 Å². The van der Waals surface area contributed by atoms with Gasteiger partial charge < -0.3 is 10.2 Å². The second-order valence-corrected chi connectivity index (χ2v) is 5.43. The van der Waals surface area contributed by atoms with Crippen molar-refractivity contribution in [2.75, 3.05) is 13.1 Å². The number of aromatic nitrogens is 2. The summed E-state index contributed by atoms with van der Waals surface area (Å²) in [7, 11) is 0. The van der Waals surface area contributed by atoms with Crippen molar-refractivity contribution in [3.05, 3.63) is 61.2 Å². The van der Waals surface area contributed by atoms with E-state index in [1.165, 1.54) is 11.3 Å². The maximum Gasteiger partial charge on any atom is 0.328 e. The molecule has 25 heavy (non-hydrogen) atoms. The lowest BCUT2D eigenvalue weighted by atomic mass is 9.91. The zero-order valence-corrected chi connectivity index (χ0v) is 14.0. The lowest BCUT2D eigenvalue weighted by Gasteiger charge is -2.33. The Morgan fingerprint density at radius 2 is 1.80 bits per heavy atom. The first-order valence-electron chi connectivity index (χ1n) is 7.85. The Labute approximate surface area is 147 Å². The number of carboxylic acid groups (broad SMARTS) is 2. The van der Waals surface area contributed by atoms with Gasteiger partial charge in [-0.25, -0.2) is 19.6 Å². The Bertz CT molecular complexity index is 617. The molecule has 0 aliphatic heterocycles. The number of carboxylic acids is 2. The van der Waals surface area contributed by atoms with Crippen LogP contribution >= 0.6 is 0 Å². The monoisotopic (exact) mass is 345 g/mol. The summed E-state index contributed by atoms with van der Waals surface area (Å²) < 4.78 is 0. The SMILES string of the molecule is C=CCN(CC=C)C1CCc2ncncc2C1.O=C(O)/C=C\C(=O)O. The fourth-order valence-corrected chi connectivity index (χ4v) is 2.60. The van der Waals surface area contributed by atoms with Crippen LogP contribution in [0, 0.1) is 0 Å². The number of aryl methyl sites for hydroxylation is 1. The normalized spacial score (nSPS) is 15.8. The first-order valence-corrected chi connectivity index (χ1v) is 7.85. The fraction of sp³-hybridized carbons (Fsp3) is 0.333. The van der Waals surface area contributed by atoms with Crippen LogP contribution in [0.3, 0.4) is 0 Å². The van der Waals surface area contributed by atoms with Crippen molar-refractivity contribution in [1.82, 2.24) is 14.9 Å². The van der Waals surface area contributed by atoms with E-state index in [1.54, 1.807) is 6.33 Å². The zero-order valence-electron chi connectivity index (χ0n) is 14.0. The van der Waals surface area contributed by atoms with Crippen LogP contribution in [0.2, 0.25) is 0 Å². The minimum Gasteiger partial charge on any atom is -0.478 e. The predicted molar refractivity (Wildman–Crippen MR) is 94.2 cm³/mol. The second kappa shape index (κ2) is 10.9. The van der Waals surface area contributed by atoms with Crippen LogP contribution in [0.4, 0.5) is 0 Å². The minimum absolute atomic E-state index is 0.558. The van der Waals surface area contributed by atoms with Gasteiger partial charge >= 0.3 is 11.9 Å². The number of hydrogen-bond acceptors (Lipinski definition) is 5. The van der Waals surface area contributed by atoms with Crippen LogP contribution in [0.1, 0.15) is 17.7 Å². The zero-order chi connectivity index (χ0) is 18.7. The smallest absolute Gasteiger partial charge is 0.328 e. The molecule has 0 bridgehead atoms. The Kier molecular flexibility index (Phi) is 8.81. The number of nitrogens with zero attached hydrogens (tertiary/aromatic N) is 3. The number of hydrogen-bond donors (Lipinski definition) is 2. The second-order valence-electron chi connectivity index (χ2n) is 5.43. The molecule has 0 amide bonds. The summed E-state index contributed by atoms with van der Waals surface area (Å²) in [6.07, 6.45) is 11.9. The highest BCUT2D eigenvalue weighted by molar-refractivity contribution is 5.89. The Hall–Kier alpha value is -2.80. The lowest BCUT2D eigenvalue weighted by molar-refractivity contribution is -0.134. The molecular formula is C18H23N3O4. The third kappa shape index (κ3) is 7.54. The third-order valence-electron chi connectivity index (χ3n) is 3.66. The molecule has 0 spiro atoms. The summed E-state index contributed by atoms with van der Waals surface area (Å²) in [5, 5.41) is 15.6. The van der Waals surface area contributed by atoms with Crippen molar-refractivity contribution in [1.29, 1.82) is 0 Å². The van der Waals surface area contributed by atoms with Crippen LogP contribution in [0.25, 0.3) is 0 Å². The lowest BCUT2D eigenvalue weighted by Crippen LogP contribution is -2.39. The highest BCUT2D eigenvalue weighted by atomic mass is 16.4. The summed E-state index contributed by atoms with van der Waals surface area (Å²) in [4.78, 5) is 30.0. The number of rotatable bonds is 7. The number of fused-ring (bicyclic) bond motifs is 1. The predicted octanol–water partition coefficient (Wildman–Crippen LogP) is 1.72. The van der Waals surface area contributed by atoms with Gasteiger partial charge in [0.15, 0.2) is 0 Å². The highest BCUT2D eigenvalue weighted by Gasteiger charge is 2.23. The molecule has 1 heterocycles. The molecule has 0 fully saturated rings. The maximum absolute atomic E-state index is 9.55. The van der Waals surface area contributed by atoms with E-state index >= 15 is 0 Å². The van der Waals surface area contributed by atoms with Gasteiger partial charge in [0.05, 0.1) is 0 Å². The van der Waals surface area contributed by atoms with E-state index in [9.17, 15) is 9.59 Å². The van der Waals surface area contributed by atoms with Crippen LogP contribution in [0.5, 0.6) is 0 Å². The molecule has 1 aliphatic rings. The summed E-state index contributed by atoms with van der Waals surface area (Å²) in [6, 6.07) is 0.560. The van der Waals surface area contributed by atoms with E-state index in [4.69, 9.17) is 10.2 Å². The first-order chi connectivity index (χ1) is 12.0. The highest BCUT2D eigenvalue weighted by Crippen LogP contribution is 2.22. The third-order valence-corrected chi connectivity index (χ3v) is 3.66. The van der Waals surface area contributed by atoms with Gasteiger partial charge in [-0.15, -0.1) is 13.2 Å². The van der Waals surface area contributed by atoms with Crippen molar-refractivity contribution in [3.63, 3.8) is 0 Å². The van der Waals surface area contributed by atoms with E-state index in [0.29, 0.717) is 18.2 Å². The van der Waals surface area contributed by atoms with E-state index in [2.05, 4.69) is 28.0 Å². The molecule has 7 nitrogen and oxygen atoms in total. The number of carbonyl (C=O) groups is 2. The quantitative estimate of drug-likeness (QED) is 0.573. The van der Waals surface area contributed by atoms with Crippen molar-refractivity contribution < 1.29 is 19.8 Å². The molecule has 0 aromatic carbocycles. The first kappa shape index (κ1) is 20.2. The van der Waals surface area contributed by atoms with E-state index in [-0.39, 0.29) is 0 Å². The van der Waals surface area contributed by atoms with Crippen LogP contribution in [-0.2, 0) is 22.4 Å². The largest absolute Gasteiger partial charge is 0.478 e. The van der Waals surface area contributed by atoms with Crippen LogP contribution in [0.15, 0.2) is 50.0 Å².